The van der Waals surface area contributed by atoms with Crippen LogP contribution < -0.4 is 10.2 Å². The molecule has 3 fully saturated rings. The summed E-state index contributed by atoms with van der Waals surface area (Å²) in [5.41, 5.74) is 1.43. The van der Waals surface area contributed by atoms with Crippen LogP contribution in [0.25, 0.3) is 10.9 Å². The van der Waals surface area contributed by atoms with E-state index in [4.69, 9.17) is 0 Å². The van der Waals surface area contributed by atoms with Crippen molar-refractivity contribution in [2.75, 3.05) is 24.5 Å². The summed E-state index contributed by atoms with van der Waals surface area (Å²) in [5, 5.41) is 16.5. The number of imide groups is 1. The lowest BCUT2D eigenvalue weighted by molar-refractivity contribution is -0.143. The summed E-state index contributed by atoms with van der Waals surface area (Å²) >= 11 is 0. The highest BCUT2D eigenvalue weighted by molar-refractivity contribution is 6.08. The number of benzene rings is 1. The number of amides is 3. The molecule has 3 aliphatic rings. The highest BCUT2D eigenvalue weighted by Crippen LogP contribution is 2.37. The molecule has 1 aromatic heterocycles. The number of fused-ring (bicyclic) bond motifs is 1. The zero-order valence-electron chi connectivity index (χ0n) is 19.3. The molecule has 9 nitrogen and oxygen atoms in total. The van der Waals surface area contributed by atoms with Crippen molar-refractivity contribution in [1.82, 2.24) is 20.0 Å². The summed E-state index contributed by atoms with van der Waals surface area (Å²) in [5.74, 6) is -1.05. The lowest BCUT2D eigenvalue weighted by Crippen LogP contribution is -2.49. The maximum atomic E-state index is 15.3. The first-order valence-corrected chi connectivity index (χ1v) is 12.1. The van der Waals surface area contributed by atoms with E-state index in [2.05, 4.69) is 15.3 Å². The predicted molar refractivity (Wildman–Crippen MR) is 123 cm³/mol. The average molecular weight is 472 g/mol. The number of urea groups is 1. The molecule has 2 saturated heterocycles. The molecule has 1 aliphatic carbocycles. The summed E-state index contributed by atoms with van der Waals surface area (Å²) < 4.78 is 17.0. The second kappa shape index (κ2) is 8.98. The van der Waals surface area contributed by atoms with Gasteiger partial charge in [0.2, 0.25) is 5.91 Å². The minimum Gasteiger partial charge on any atom is -0.481 e. The van der Waals surface area contributed by atoms with Gasteiger partial charge in [-0.2, -0.15) is 5.10 Å². The average Bonchev–Trinajstić information content (AvgIpc) is 3.13. The molecule has 1 aromatic carbocycles. The van der Waals surface area contributed by atoms with Crippen LogP contribution in [0.2, 0.25) is 0 Å². The number of nitrogens with one attached hydrogen (secondary N) is 1. The van der Waals surface area contributed by atoms with Crippen LogP contribution >= 0.6 is 0 Å². The second-order valence-electron chi connectivity index (χ2n) is 9.75. The summed E-state index contributed by atoms with van der Waals surface area (Å²) in [4.78, 5) is 38.8. The normalized spacial score (nSPS) is 25.1. The first kappa shape index (κ1) is 22.8. The van der Waals surface area contributed by atoms with E-state index in [9.17, 15) is 19.5 Å². The number of anilines is 1. The zero-order valence-corrected chi connectivity index (χ0v) is 19.3. The molecule has 2 N–H and O–H groups in total. The Bertz CT molecular complexity index is 1130. The minimum atomic E-state index is -0.684. The van der Waals surface area contributed by atoms with Gasteiger partial charge in [-0.1, -0.05) is 0 Å². The third-order valence-corrected chi connectivity index (χ3v) is 7.79. The minimum absolute atomic E-state index is 0.102. The molecule has 0 spiro atoms. The Morgan fingerprint density at radius 3 is 2.44 bits per heavy atom. The Hall–Kier alpha value is -3.01. The largest absolute Gasteiger partial charge is 0.481 e. The van der Waals surface area contributed by atoms with E-state index in [0.717, 1.165) is 57.1 Å². The van der Waals surface area contributed by atoms with Crippen molar-refractivity contribution < 1.29 is 23.9 Å². The van der Waals surface area contributed by atoms with Crippen molar-refractivity contribution in [3.05, 3.63) is 23.5 Å². The zero-order chi connectivity index (χ0) is 24.0. The highest BCUT2D eigenvalue weighted by Gasteiger charge is 2.33. The third-order valence-electron chi connectivity index (χ3n) is 7.79. The summed E-state index contributed by atoms with van der Waals surface area (Å²) in [6, 6.07) is 3.21. The number of rotatable bonds is 4. The number of piperidine rings is 1. The maximum Gasteiger partial charge on any atom is 0.329 e. The van der Waals surface area contributed by atoms with Crippen molar-refractivity contribution in [2.24, 2.45) is 13.0 Å². The van der Waals surface area contributed by atoms with Gasteiger partial charge in [0.05, 0.1) is 11.4 Å². The first-order chi connectivity index (χ1) is 16.3. The van der Waals surface area contributed by atoms with Crippen molar-refractivity contribution in [2.45, 2.75) is 56.9 Å². The number of aryl methyl sites for hydroxylation is 1. The van der Waals surface area contributed by atoms with E-state index in [1.54, 1.807) is 11.7 Å². The quantitative estimate of drug-likeness (QED) is 0.710. The van der Waals surface area contributed by atoms with Crippen LogP contribution in [0.15, 0.2) is 12.1 Å². The van der Waals surface area contributed by atoms with Crippen LogP contribution in [0.5, 0.6) is 0 Å². The van der Waals surface area contributed by atoms with Gasteiger partial charge in [0, 0.05) is 31.4 Å². The molecule has 0 unspecified atom stereocenters. The molecule has 3 amide bonds. The van der Waals surface area contributed by atoms with Gasteiger partial charge in [0.15, 0.2) is 5.82 Å². The van der Waals surface area contributed by atoms with Crippen LogP contribution in [-0.4, -0.2) is 63.4 Å². The van der Waals surface area contributed by atoms with Gasteiger partial charge in [-0.25, -0.2) is 9.18 Å². The molecule has 1 saturated carbocycles. The van der Waals surface area contributed by atoms with Crippen LogP contribution in [0, 0.1) is 11.7 Å². The van der Waals surface area contributed by atoms with E-state index in [1.165, 1.54) is 11.0 Å². The standard InChI is InChI=1S/C24H30FN5O4/c1-28-20-13-17(14-6-9-29(10-7-14)16-4-2-15(3-5-16)23(32)33)19(25)12-18(20)22(27-28)30-11-8-21(31)26-24(30)34/h12-16H,2-11H2,1H3,(H,32,33)(H,26,31,34)/t15-,16-. The van der Waals surface area contributed by atoms with Gasteiger partial charge in [0.25, 0.3) is 0 Å². The number of aromatic nitrogens is 2. The second-order valence-corrected chi connectivity index (χ2v) is 9.75. The number of carboxylic acid groups (broad SMARTS) is 1. The number of carboxylic acids is 1. The molecule has 0 radical (unpaired) electrons. The molecule has 0 atom stereocenters. The highest BCUT2D eigenvalue weighted by atomic mass is 19.1. The first-order valence-electron chi connectivity index (χ1n) is 12.1. The van der Waals surface area contributed by atoms with E-state index >= 15 is 4.39 Å². The van der Waals surface area contributed by atoms with Gasteiger partial charge in [-0.3, -0.25) is 24.5 Å². The Balaban J connectivity index is 1.30. The van der Waals surface area contributed by atoms with Crippen molar-refractivity contribution in [3.63, 3.8) is 0 Å². The van der Waals surface area contributed by atoms with E-state index in [0.29, 0.717) is 22.8 Å². The van der Waals surface area contributed by atoms with Gasteiger partial charge in [0.1, 0.15) is 5.82 Å². The molecule has 10 heteroatoms. The Morgan fingerprint density at radius 1 is 1.09 bits per heavy atom. The number of halogens is 1. The SMILES string of the molecule is Cn1nc(N2CCC(=O)NC2=O)c2cc(F)c(C3CCN([C@H]4CC[C@H](C(=O)O)CC4)CC3)cc21. The van der Waals surface area contributed by atoms with Gasteiger partial charge < -0.3 is 10.0 Å². The third kappa shape index (κ3) is 4.15. The fourth-order valence-electron chi connectivity index (χ4n) is 5.82. The molecule has 3 heterocycles. The number of nitrogens with zero attached hydrogens (tertiary/aromatic N) is 4. The summed E-state index contributed by atoms with van der Waals surface area (Å²) in [6.45, 7) is 1.97. The smallest absolute Gasteiger partial charge is 0.329 e. The number of hydrogen-bond donors (Lipinski definition) is 2. The molecular formula is C24H30FN5O4. The van der Waals surface area contributed by atoms with Crippen LogP contribution in [0.1, 0.15) is 56.4 Å². The van der Waals surface area contributed by atoms with Crippen molar-refractivity contribution >= 4 is 34.6 Å². The van der Waals surface area contributed by atoms with Crippen molar-refractivity contribution in [3.8, 4) is 0 Å². The molecule has 0 bridgehead atoms. The van der Waals surface area contributed by atoms with Crippen LogP contribution in [-0.2, 0) is 16.6 Å². The molecule has 182 valence electrons. The fraction of sp³-hybridized carbons (Fsp3) is 0.583. The molecule has 5 rings (SSSR count). The number of hydrogen-bond acceptors (Lipinski definition) is 5. The fourth-order valence-corrected chi connectivity index (χ4v) is 5.82. The van der Waals surface area contributed by atoms with Crippen molar-refractivity contribution in [1.29, 1.82) is 0 Å². The number of likely N-dealkylation sites (tertiary alicyclic amines) is 1. The Labute approximate surface area is 196 Å². The van der Waals surface area contributed by atoms with E-state index < -0.39 is 12.0 Å². The molecular weight excluding hydrogens is 441 g/mol. The Kier molecular flexibility index (Phi) is 6.01. The summed E-state index contributed by atoms with van der Waals surface area (Å²) in [7, 11) is 1.77. The van der Waals surface area contributed by atoms with Gasteiger partial charge in [-0.05, 0) is 75.2 Å². The van der Waals surface area contributed by atoms with E-state index in [-0.39, 0.29) is 36.5 Å². The van der Waals surface area contributed by atoms with Gasteiger partial charge >= 0.3 is 12.0 Å². The topological polar surface area (TPSA) is 108 Å². The lowest BCUT2D eigenvalue weighted by Gasteiger charge is -2.40. The number of aliphatic carboxylic acids is 1. The monoisotopic (exact) mass is 471 g/mol. The maximum absolute atomic E-state index is 15.3. The predicted octanol–water partition coefficient (Wildman–Crippen LogP) is 2.98. The molecule has 2 aliphatic heterocycles. The van der Waals surface area contributed by atoms with Gasteiger partial charge in [-0.15, -0.1) is 0 Å². The number of carbonyl (C=O) groups excluding carboxylic acids is 2. The summed E-state index contributed by atoms with van der Waals surface area (Å²) in [6.07, 6.45) is 5.17. The van der Waals surface area contributed by atoms with Crippen LogP contribution in [0.3, 0.4) is 0 Å². The molecule has 2 aromatic rings. The Morgan fingerprint density at radius 2 is 1.79 bits per heavy atom. The van der Waals surface area contributed by atoms with E-state index in [1.807, 2.05) is 6.07 Å². The number of carbonyl (C=O) groups is 3. The lowest BCUT2D eigenvalue weighted by atomic mass is 9.83. The molecule has 34 heavy (non-hydrogen) atoms. The van der Waals surface area contributed by atoms with Crippen LogP contribution in [0.4, 0.5) is 15.0 Å².